The van der Waals surface area contributed by atoms with Gasteiger partial charge in [-0.25, -0.2) is 13.2 Å². The number of rotatable bonds is 9. The third kappa shape index (κ3) is 5.29. The molecule has 0 saturated heterocycles. The monoisotopic (exact) mass is 435 g/mol. The maximum Gasteiger partial charge on any atom is 0.338 e. The molecule has 0 atom stereocenters. The van der Waals surface area contributed by atoms with Crippen LogP contribution in [0, 0.1) is 6.92 Å². The van der Waals surface area contributed by atoms with E-state index in [2.05, 4.69) is 0 Å². The number of aryl methyl sites for hydroxylation is 1. The highest BCUT2D eigenvalue weighted by atomic mass is 32.2. The second kappa shape index (κ2) is 10.1. The van der Waals surface area contributed by atoms with E-state index in [0.717, 1.165) is 4.31 Å². The summed E-state index contributed by atoms with van der Waals surface area (Å²) in [5, 5.41) is 0. The molecule has 2 aromatic rings. The maximum atomic E-state index is 13.4. The summed E-state index contributed by atoms with van der Waals surface area (Å²) in [6.07, 6.45) is 0. The molecular weight excluding hydrogens is 410 g/mol. The summed E-state index contributed by atoms with van der Waals surface area (Å²) in [6, 6.07) is 10.3. The number of anilines is 1. The third-order valence-corrected chi connectivity index (χ3v) is 5.95. The topological polar surface area (TPSA) is 99.2 Å². The molecule has 0 amide bonds. The molecule has 0 aliphatic rings. The molecule has 0 saturated carbocycles. The van der Waals surface area contributed by atoms with Crippen molar-refractivity contribution < 1.29 is 32.2 Å². The zero-order chi connectivity index (χ0) is 22.3. The average molecular weight is 435 g/mol. The minimum absolute atomic E-state index is 0.0216. The molecule has 0 N–H and O–H groups in total. The lowest BCUT2D eigenvalue weighted by molar-refractivity contribution is -0.141. The van der Waals surface area contributed by atoms with Crippen molar-refractivity contribution in [1.29, 1.82) is 0 Å². The number of sulfonamides is 1. The van der Waals surface area contributed by atoms with E-state index in [9.17, 15) is 18.0 Å². The van der Waals surface area contributed by atoms with Gasteiger partial charge < -0.3 is 14.2 Å². The summed E-state index contributed by atoms with van der Waals surface area (Å²) < 4.78 is 42.8. The SMILES string of the molecule is CCOC(=O)CN(c1cccc(C(=O)OCC)c1)S(=O)(=O)c1ccc(OC)c(C)c1. The van der Waals surface area contributed by atoms with Gasteiger partial charge in [0.15, 0.2) is 0 Å². The Labute approximate surface area is 176 Å². The van der Waals surface area contributed by atoms with Crippen LogP contribution >= 0.6 is 0 Å². The summed E-state index contributed by atoms with van der Waals surface area (Å²) in [4.78, 5) is 24.2. The molecule has 8 nitrogen and oxygen atoms in total. The van der Waals surface area contributed by atoms with E-state index in [1.807, 2.05) is 0 Å². The Hall–Kier alpha value is -3.07. The highest BCUT2D eigenvalue weighted by Crippen LogP contribution is 2.28. The third-order valence-electron chi connectivity index (χ3n) is 4.18. The molecule has 0 heterocycles. The number of hydrogen-bond donors (Lipinski definition) is 0. The number of esters is 2. The van der Waals surface area contributed by atoms with Gasteiger partial charge in [-0.3, -0.25) is 9.10 Å². The van der Waals surface area contributed by atoms with Crippen molar-refractivity contribution in [2.24, 2.45) is 0 Å². The summed E-state index contributed by atoms with van der Waals surface area (Å²) in [7, 11) is -2.65. The zero-order valence-corrected chi connectivity index (χ0v) is 18.2. The molecule has 0 aromatic heterocycles. The van der Waals surface area contributed by atoms with Gasteiger partial charge in [-0.15, -0.1) is 0 Å². The van der Waals surface area contributed by atoms with E-state index < -0.39 is 28.5 Å². The number of carbonyl (C=O) groups is 2. The van der Waals surface area contributed by atoms with Crippen LogP contribution in [0.25, 0.3) is 0 Å². The first-order chi connectivity index (χ1) is 14.2. The van der Waals surface area contributed by atoms with Crippen molar-refractivity contribution in [2.45, 2.75) is 25.7 Å². The maximum absolute atomic E-state index is 13.4. The molecule has 0 fully saturated rings. The zero-order valence-electron chi connectivity index (χ0n) is 17.4. The number of methoxy groups -OCH3 is 1. The predicted molar refractivity (Wildman–Crippen MR) is 111 cm³/mol. The molecule has 0 aliphatic heterocycles. The Balaban J connectivity index is 2.55. The minimum Gasteiger partial charge on any atom is -0.496 e. The molecule has 0 aliphatic carbocycles. The Morgan fingerprint density at radius 2 is 1.70 bits per heavy atom. The average Bonchev–Trinajstić information content (AvgIpc) is 2.72. The smallest absolute Gasteiger partial charge is 0.338 e. The van der Waals surface area contributed by atoms with Crippen LogP contribution in [-0.2, 0) is 24.3 Å². The van der Waals surface area contributed by atoms with E-state index in [-0.39, 0.29) is 29.4 Å². The van der Waals surface area contributed by atoms with Crippen LogP contribution in [0.15, 0.2) is 47.4 Å². The minimum atomic E-state index is -4.14. The molecule has 162 valence electrons. The summed E-state index contributed by atoms with van der Waals surface area (Å²) in [5.41, 5.74) is 0.932. The van der Waals surface area contributed by atoms with E-state index in [1.54, 1.807) is 26.8 Å². The lowest BCUT2D eigenvalue weighted by atomic mass is 10.2. The van der Waals surface area contributed by atoms with Gasteiger partial charge in [0.05, 0.1) is 36.5 Å². The van der Waals surface area contributed by atoms with Gasteiger partial charge in [0.2, 0.25) is 0 Å². The quantitative estimate of drug-likeness (QED) is 0.558. The fourth-order valence-corrected chi connectivity index (χ4v) is 4.27. The normalized spacial score (nSPS) is 10.9. The number of hydrogen-bond acceptors (Lipinski definition) is 7. The van der Waals surface area contributed by atoms with Crippen LogP contribution < -0.4 is 9.04 Å². The Kier molecular flexibility index (Phi) is 7.82. The highest BCUT2D eigenvalue weighted by molar-refractivity contribution is 7.92. The van der Waals surface area contributed by atoms with Crippen LogP contribution in [-0.4, -0.2) is 47.2 Å². The summed E-state index contributed by atoms with van der Waals surface area (Å²) >= 11 is 0. The Morgan fingerprint density at radius 1 is 1.00 bits per heavy atom. The second-order valence-corrected chi connectivity index (χ2v) is 8.08. The molecular formula is C21H25NO7S. The molecule has 2 aromatic carbocycles. The first-order valence-electron chi connectivity index (χ1n) is 9.34. The lowest BCUT2D eigenvalue weighted by Crippen LogP contribution is -2.36. The van der Waals surface area contributed by atoms with Crippen molar-refractivity contribution >= 4 is 27.6 Å². The van der Waals surface area contributed by atoms with Gasteiger partial charge in [0, 0.05) is 0 Å². The number of benzene rings is 2. The molecule has 0 spiro atoms. The van der Waals surface area contributed by atoms with Gasteiger partial charge in [-0.1, -0.05) is 6.07 Å². The molecule has 2 rings (SSSR count). The van der Waals surface area contributed by atoms with Crippen LogP contribution in [0.3, 0.4) is 0 Å². The fourth-order valence-electron chi connectivity index (χ4n) is 2.78. The standard InChI is InChI=1S/C21H25NO7S/c1-5-28-20(23)14-22(17-9-7-8-16(13-17)21(24)29-6-2)30(25,26)18-10-11-19(27-4)15(3)12-18/h7-13H,5-6,14H2,1-4H3. The van der Waals surface area contributed by atoms with Crippen molar-refractivity contribution in [2.75, 3.05) is 31.2 Å². The van der Waals surface area contributed by atoms with Crippen molar-refractivity contribution in [1.82, 2.24) is 0 Å². The van der Waals surface area contributed by atoms with Crippen LogP contribution in [0.4, 0.5) is 5.69 Å². The first-order valence-corrected chi connectivity index (χ1v) is 10.8. The van der Waals surface area contributed by atoms with Gasteiger partial charge in [-0.2, -0.15) is 0 Å². The lowest BCUT2D eigenvalue weighted by Gasteiger charge is -2.24. The predicted octanol–water partition coefficient (Wildman–Crippen LogP) is 2.94. The Bertz CT molecular complexity index is 1020. The number of nitrogens with zero attached hydrogens (tertiary/aromatic N) is 1. The van der Waals surface area contributed by atoms with Gasteiger partial charge in [0.1, 0.15) is 12.3 Å². The van der Waals surface area contributed by atoms with Crippen molar-refractivity contribution in [3.8, 4) is 5.75 Å². The number of carbonyl (C=O) groups excluding carboxylic acids is 2. The van der Waals surface area contributed by atoms with Gasteiger partial charge in [-0.05, 0) is 62.7 Å². The molecule has 0 bridgehead atoms. The summed E-state index contributed by atoms with van der Waals surface area (Å²) in [5.74, 6) is -0.767. The molecule has 9 heteroatoms. The molecule has 0 unspecified atom stereocenters. The van der Waals surface area contributed by atoms with E-state index in [1.165, 1.54) is 43.5 Å². The van der Waals surface area contributed by atoms with E-state index in [4.69, 9.17) is 14.2 Å². The van der Waals surface area contributed by atoms with Crippen LogP contribution in [0.2, 0.25) is 0 Å². The van der Waals surface area contributed by atoms with Gasteiger partial charge in [0.25, 0.3) is 10.0 Å². The van der Waals surface area contributed by atoms with Crippen LogP contribution in [0.5, 0.6) is 5.75 Å². The van der Waals surface area contributed by atoms with E-state index in [0.29, 0.717) is 11.3 Å². The molecule has 30 heavy (non-hydrogen) atoms. The largest absolute Gasteiger partial charge is 0.496 e. The summed E-state index contributed by atoms with van der Waals surface area (Å²) in [6.45, 7) is 4.76. The second-order valence-electron chi connectivity index (χ2n) is 6.22. The number of ether oxygens (including phenoxy) is 3. The highest BCUT2D eigenvalue weighted by Gasteiger charge is 2.29. The van der Waals surface area contributed by atoms with Crippen molar-refractivity contribution in [3.05, 3.63) is 53.6 Å². The van der Waals surface area contributed by atoms with E-state index >= 15 is 0 Å². The first kappa shape index (κ1) is 23.2. The van der Waals surface area contributed by atoms with Crippen molar-refractivity contribution in [3.63, 3.8) is 0 Å². The van der Waals surface area contributed by atoms with Gasteiger partial charge >= 0.3 is 11.9 Å². The molecule has 0 radical (unpaired) electrons. The Morgan fingerprint density at radius 3 is 2.30 bits per heavy atom. The fraction of sp³-hybridized carbons (Fsp3) is 0.333. The van der Waals surface area contributed by atoms with Crippen LogP contribution in [0.1, 0.15) is 29.8 Å².